The van der Waals surface area contributed by atoms with E-state index in [0.29, 0.717) is 0 Å². The standard InChI is InChI=1S/C25H35NO2/c1-2-3-19-28-23-15-13-22(14-16-23)25(27)24(21-11-7-6-8-12-21)20-26-17-9-4-5-10-18-26/h6-8,11-16,24-25,27H,2-5,9-10,17-20H2,1H3/p+1/t24-,25+/m1/s1. The van der Waals surface area contributed by atoms with Gasteiger partial charge in [-0.15, -0.1) is 0 Å². The lowest BCUT2D eigenvalue weighted by atomic mass is 9.88. The molecule has 3 heteroatoms. The van der Waals surface area contributed by atoms with Gasteiger partial charge < -0.3 is 14.7 Å². The molecule has 1 aliphatic heterocycles. The Labute approximate surface area is 170 Å². The summed E-state index contributed by atoms with van der Waals surface area (Å²) in [6, 6.07) is 18.6. The Morgan fingerprint density at radius 1 is 0.893 bits per heavy atom. The number of quaternary nitrogens is 1. The van der Waals surface area contributed by atoms with Gasteiger partial charge in [0.1, 0.15) is 5.75 Å². The summed E-state index contributed by atoms with van der Waals surface area (Å²) in [5, 5.41) is 11.3. The topological polar surface area (TPSA) is 33.9 Å². The van der Waals surface area contributed by atoms with Gasteiger partial charge in [-0.2, -0.15) is 0 Å². The lowest BCUT2D eigenvalue weighted by Gasteiger charge is -2.28. The van der Waals surface area contributed by atoms with E-state index >= 15 is 0 Å². The highest BCUT2D eigenvalue weighted by Crippen LogP contribution is 2.31. The van der Waals surface area contributed by atoms with Crippen molar-refractivity contribution in [2.24, 2.45) is 0 Å². The summed E-state index contributed by atoms with van der Waals surface area (Å²) in [5.74, 6) is 1.000. The Morgan fingerprint density at radius 3 is 2.21 bits per heavy atom. The number of rotatable bonds is 9. The molecule has 28 heavy (non-hydrogen) atoms. The molecule has 0 bridgehead atoms. The van der Waals surface area contributed by atoms with Crippen LogP contribution in [0, 0.1) is 0 Å². The van der Waals surface area contributed by atoms with Gasteiger partial charge in [-0.3, -0.25) is 0 Å². The zero-order chi connectivity index (χ0) is 19.6. The third-order valence-corrected chi connectivity index (χ3v) is 5.92. The largest absolute Gasteiger partial charge is 0.494 e. The zero-order valence-corrected chi connectivity index (χ0v) is 17.3. The number of unbranched alkanes of at least 4 members (excludes halogenated alkanes) is 1. The van der Waals surface area contributed by atoms with Crippen LogP contribution in [-0.2, 0) is 0 Å². The number of benzene rings is 2. The van der Waals surface area contributed by atoms with Crippen LogP contribution in [0.1, 0.15) is 68.6 Å². The van der Waals surface area contributed by atoms with E-state index < -0.39 is 6.10 Å². The first kappa shape index (κ1) is 20.9. The van der Waals surface area contributed by atoms with E-state index in [1.807, 2.05) is 30.3 Å². The highest BCUT2D eigenvalue weighted by atomic mass is 16.5. The summed E-state index contributed by atoms with van der Waals surface area (Å²) in [4.78, 5) is 1.63. The predicted octanol–water partition coefficient (Wildman–Crippen LogP) is 4.14. The van der Waals surface area contributed by atoms with Gasteiger partial charge in [-0.1, -0.05) is 55.8 Å². The second-order valence-electron chi connectivity index (χ2n) is 8.10. The Kier molecular flexibility index (Phi) is 8.38. The number of ether oxygens (including phenoxy) is 1. The van der Waals surface area contributed by atoms with Crippen LogP contribution in [0.15, 0.2) is 54.6 Å². The van der Waals surface area contributed by atoms with E-state index in [-0.39, 0.29) is 5.92 Å². The van der Waals surface area contributed by atoms with E-state index in [2.05, 4.69) is 31.2 Å². The van der Waals surface area contributed by atoms with Crippen molar-refractivity contribution in [2.45, 2.75) is 57.5 Å². The van der Waals surface area contributed by atoms with Crippen LogP contribution in [0.3, 0.4) is 0 Å². The molecule has 2 atom stereocenters. The highest BCUT2D eigenvalue weighted by Gasteiger charge is 2.28. The second-order valence-corrected chi connectivity index (χ2v) is 8.10. The van der Waals surface area contributed by atoms with Gasteiger partial charge in [-0.05, 0) is 55.4 Å². The van der Waals surface area contributed by atoms with Gasteiger partial charge in [0.05, 0.1) is 38.3 Å². The lowest BCUT2D eigenvalue weighted by Crippen LogP contribution is -3.12. The Bertz CT molecular complexity index is 663. The third-order valence-electron chi connectivity index (χ3n) is 5.92. The Morgan fingerprint density at radius 2 is 1.57 bits per heavy atom. The highest BCUT2D eigenvalue weighted by molar-refractivity contribution is 5.31. The summed E-state index contributed by atoms with van der Waals surface area (Å²) in [5.41, 5.74) is 2.21. The molecule has 2 aromatic carbocycles. The van der Waals surface area contributed by atoms with E-state index in [9.17, 15) is 5.11 Å². The van der Waals surface area contributed by atoms with Crippen molar-refractivity contribution < 1.29 is 14.7 Å². The van der Waals surface area contributed by atoms with Crippen LogP contribution in [0.25, 0.3) is 0 Å². The molecule has 0 spiro atoms. The van der Waals surface area contributed by atoms with Crippen molar-refractivity contribution >= 4 is 0 Å². The molecular formula is C25H36NO2+. The Balaban J connectivity index is 1.73. The fourth-order valence-corrected chi connectivity index (χ4v) is 4.18. The molecule has 1 aliphatic rings. The number of aliphatic hydroxyl groups excluding tert-OH is 1. The minimum Gasteiger partial charge on any atom is -0.494 e. The number of hydrogen-bond acceptors (Lipinski definition) is 2. The van der Waals surface area contributed by atoms with Gasteiger partial charge in [0.25, 0.3) is 0 Å². The maximum atomic E-state index is 11.3. The fraction of sp³-hybridized carbons (Fsp3) is 0.520. The smallest absolute Gasteiger partial charge is 0.119 e. The molecule has 0 unspecified atom stereocenters. The molecule has 0 saturated carbocycles. The van der Waals surface area contributed by atoms with E-state index in [0.717, 1.165) is 37.3 Å². The van der Waals surface area contributed by atoms with Crippen LogP contribution in [-0.4, -0.2) is 31.3 Å². The molecule has 2 N–H and O–H groups in total. The molecule has 1 heterocycles. The van der Waals surface area contributed by atoms with Crippen LogP contribution < -0.4 is 9.64 Å². The van der Waals surface area contributed by atoms with E-state index in [4.69, 9.17) is 4.74 Å². The lowest BCUT2D eigenvalue weighted by molar-refractivity contribution is -0.901. The Hall–Kier alpha value is -1.84. The van der Waals surface area contributed by atoms with Crippen molar-refractivity contribution in [2.75, 3.05) is 26.2 Å². The molecule has 0 aliphatic carbocycles. The van der Waals surface area contributed by atoms with Gasteiger partial charge >= 0.3 is 0 Å². The molecule has 0 aromatic heterocycles. The average Bonchev–Trinajstić information content (AvgIpc) is 3.02. The van der Waals surface area contributed by atoms with Crippen molar-refractivity contribution in [1.29, 1.82) is 0 Å². The molecule has 0 amide bonds. The van der Waals surface area contributed by atoms with Crippen LogP contribution >= 0.6 is 0 Å². The molecule has 2 aromatic rings. The normalized spacial score (nSPS) is 17.6. The molecule has 152 valence electrons. The minimum absolute atomic E-state index is 0.112. The van der Waals surface area contributed by atoms with Gasteiger partial charge in [-0.25, -0.2) is 0 Å². The fourth-order valence-electron chi connectivity index (χ4n) is 4.18. The van der Waals surface area contributed by atoms with Gasteiger partial charge in [0.2, 0.25) is 0 Å². The first-order valence-corrected chi connectivity index (χ1v) is 11.1. The van der Waals surface area contributed by atoms with Crippen molar-refractivity contribution in [3.05, 3.63) is 65.7 Å². The number of hydrogen-bond donors (Lipinski definition) is 2. The summed E-state index contributed by atoms with van der Waals surface area (Å²) < 4.78 is 5.78. The summed E-state index contributed by atoms with van der Waals surface area (Å²) in [6.07, 6.45) is 7.01. The predicted molar refractivity (Wildman–Crippen MR) is 115 cm³/mol. The SMILES string of the molecule is CCCCOc1ccc([C@H](O)[C@H](C[NH+]2CCCCCC2)c2ccccc2)cc1. The molecule has 0 radical (unpaired) electrons. The maximum absolute atomic E-state index is 11.3. The number of aliphatic hydroxyl groups is 1. The zero-order valence-electron chi connectivity index (χ0n) is 17.3. The summed E-state index contributed by atoms with van der Waals surface area (Å²) >= 11 is 0. The molecular weight excluding hydrogens is 346 g/mol. The first-order valence-electron chi connectivity index (χ1n) is 11.1. The molecule has 3 rings (SSSR count). The van der Waals surface area contributed by atoms with Crippen LogP contribution in [0.4, 0.5) is 0 Å². The third kappa shape index (κ3) is 6.08. The van der Waals surface area contributed by atoms with Gasteiger partial charge in [0, 0.05) is 0 Å². The van der Waals surface area contributed by atoms with Crippen molar-refractivity contribution in [1.82, 2.24) is 0 Å². The molecule has 3 nitrogen and oxygen atoms in total. The van der Waals surface area contributed by atoms with Crippen molar-refractivity contribution in [3.8, 4) is 5.75 Å². The van der Waals surface area contributed by atoms with E-state index in [1.165, 1.54) is 44.3 Å². The van der Waals surface area contributed by atoms with Crippen LogP contribution in [0.2, 0.25) is 0 Å². The van der Waals surface area contributed by atoms with E-state index in [1.54, 1.807) is 4.90 Å². The summed E-state index contributed by atoms with van der Waals surface area (Å²) in [6.45, 7) is 6.35. The van der Waals surface area contributed by atoms with Gasteiger partial charge in [0.15, 0.2) is 0 Å². The average molecular weight is 383 g/mol. The monoisotopic (exact) mass is 382 g/mol. The maximum Gasteiger partial charge on any atom is 0.119 e. The number of likely N-dealkylation sites (tertiary alicyclic amines) is 1. The van der Waals surface area contributed by atoms with Crippen LogP contribution in [0.5, 0.6) is 5.75 Å². The molecule has 1 fully saturated rings. The molecule has 1 saturated heterocycles. The summed E-state index contributed by atoms with van der Waals surface area (Å²) in [7, 11) is 0. The number of nitrogens with one attached hydrogen (secondary N) is 1. The minimum atomic E-state index is -0.497. The quantitative estimate of drug-likeness (QED) is 0.639. The first-order chi connectivity index (χ1) is 13.8. The second kappa shape index (κ2) is 11.2. The van der Waals surface area contributed by atoms with Crippen molar-refractivity contribution in [3.63, 3.8) is 0 Å².